The Hall–Kier alpha value is -0.740. The maximum atomic E-state index is 13.0. The number of fused-ring (bicyclic) bond motifs is 2. The fourth-order valence-corrected chi connectivity index (χ4v) is 6.81. The topological polar surface area (TPSA) is 90.2 Å². The monoisotopic (exact) mass is 385 g/mol. The van der Waals surface area contributed by atoms with Crippen molar-refractivity contribution >= 4 is 16.1 Å². The first-order chi connectivity index (χ1) is 12.4. The van der Waals surface area contributed by atoms with Gasteiger partial charge in [0.25, 0.3) is 10.2 Å². The third-order valence-electron chi connectivity index (χ3n) is 6.93. The zero-order valence-electron chi connectivity index (χ0n) is 15.6. The Bertz CT molecular complexity index is 639. The molecule has 8 nitrogen and oxygen atoms in total. The van der Waals surface area contributed by atoms with Crippen LogP contribution in [0.3, 0.4) is 0 Å². The van der Waals surface area contributed by atoms with Gasteiger partial charge in [0.1, 0.15) is 0 Å². The molecule has 2 saturated heterocycles. The van der Waals surface area contributed by atoms with Crippen molar-refractivity contribution in [3.8, 4) is 0 Å². The minimum absolute atomic E-state index is 0.00616. The molecule has 0 aromatic rings. The SMILES string of the molecule is CN1CCN(S(=O)(=O)N2CCN(C(=O)C3C4CCC(C4)C3N)CC2)CC1. The molecule has 2 aliphatic carbocycles. The second kappa shape index (κ2) is 7.01. The number of hydrogen-bond donors (Lipinski definition) is 1. The van der Waals surface area contributed by atoms with E-state index in [0.29, 0.717) is 51.1 Å². The van der Waals surface area contributed by atoms with Gasteiger partial charge < -0.3 is 15.5 Å². The van der Waals surface area contributed by atoms with Gasteiger partial charge in [-0.25, -0.2) is 0 Å². The van der Waals surface area contributed by atoms with E-state index in [2.05, 4.69) is 4.90 Å². The van der Waals surface area contributed by atoms with E-state index in [4.69, 9.17) is 5.73 Å². The van der Waals surface area contributed by atoms with Crippen molar-refractivity contribution in [2.24, 2.45) is 23.5 Å². The summed E-state index contributed by atoms with van der Waals surface area (Å²) in [6, 6.07) is -0.00616. The summed E-state index contributed by atoms with van der Waals surface area (Å²) in [6.45, 7) is 4.33. The summed E-state index contributed by atoms with van der Waals surface area (Å²) in [5, 5.41) is 0. The third kappa shape index (κ3) is 3.17. The smallest absolute Gasteiger partial charge is 0.282 e. The van der Waals surface area contributed by atoms with Crippen molar-refractivity contribution in [3.63, 3.8) is 0 Å². The van der Waals surface area contributed by atoms with E-state index in [9.17, 15) is 13.2 Å². The first kappa shape index (κ1) is 18.6. The van der Waals surface area contributed by atoms with Crippen LogP contribution in [0, 0.1) is 17.8 Å². The first-order valence-electron chi connectivity index (χ1n) is 9.86. The van der Waals surface area contributed by atoms with Crippen LogP contribution in [0.1, 0.15) is 19.3 Å². The molecule has 1 amide bonds. The van der Waals surface area contributed by atoms with Crippen molar-refractivity contribution in [1.82, 2.24) is 18.4 Å². The van der Waals surface area contributed by atoms with E-state index < -0.39 is 10.2 Å². The highest BCUT2D eigenvalue weighted by Crippen LogP contribution is 2.48. The van der Waals surface area contributed by atoms with Gasteiger partial charge in [0.15, 0.2) is 0 Å². The summed E-state index contributed by atoms with van der Waals surface area (Å²) in [7, 11) is -1.41. The van der Waals surface area contributed by atoms with E-state index in [0.717, 1.165) is 32.4 Å². The molecule has 2 saturated carbocycles. The lowest BCUT2D eigenvalue weighted by Gasteiger charge is -2.40. The van der Waals surface area contributed by atoms with Gasteiger partial charge >= 0.3 is 0 Å². The molecule has 0 aromatic carbocycles. The molecule has 0 aromatic heterocycles. The van der Waals surface area contributed by atoms with Gasteiger partial charge in [-0.05, 0) is 38.1 Å². The van der Waals surface area contributed by atoms with Crippen LogP contribution in [-0.4, -0.2) is 98.2 Å². The molecule has 2 heterocycles. The largest absolute Gasteiger partial charge is 0.340 e. The quantitative estimate of drug-likeness (QED) is 0.673. The molecule has 0 radical (unpaired) electrons. The van der Waals surface area contributed by atoms with Crippen molar-refractivity contribution in [3.05, 3.63) is 0 Å². The summed E-state index contributed by atoms with van der Waals surface area (Å²) in [6.07, 6.45) is 3.37. The van der Waals surface area contributed by atoms with Crippen LogP contribution in [0.4, 0.5) is 0 Å². The lowest BCUT2D eigenvalue weighted by atomic mass is 9.84. The van der Waals surface area contributed by atoms with Crippen LogP contribution >= 0.6 is 0 Å². The second-order valence-electron chi connectivity index (χ2n) is 8.37. The number of nitrogens with zero attached hydrogens (tertiary/aromatic N) is 4. The van der Waals surface area contributed by atoms with E-state index >= 15 is 0 Å². The Balaban J connectivity index is 1.34. The molecule has 2 bridgehead atoms. The molecule has 4 rings (SSSR count). The van der Waals surface area contributed by atoms with Crippen LogP contribution in [0.5, 0.6) is 0 Å². The summed E-state index contributed by atoms with van der Waals surface area (Å²) >= 11 is 0. The molecule has 0 spiro atoms. The highest BCUT2D eigenvalue weighted by atomic mass is 32.2. The van der Waals surface area contributed by atoms with Gasteiger partial charge in [-0.3, -0.25) is 4.79 Å². The van der Waals surface area contributed by atoms with Crippen molar-refractivity contribution in [1.29, 1.82) is 0 Å². The summed E-state index contributed by atoms with van der Waals surface area (Å²) in [5.74, 6) is 1.05. The zero-order chi connectivity index (χ0) is 18.5. The van der Waals surface area contributed by atoms with Gasteiger partial charge in [0.2, 0.25) is 5.91 Å². The first-order valence-corrected chi connectivity index (χ1v) is 11.3. The number of likely N-dealkylation sites (N-methyl/N-ethyl adjacent to an activating group) is 1. The van der Waals surface area contributed by atoms with Crippen LogP contribution < -0.4 is 5.73 Å². The molecule has 4 fully saturated rings. The predicted molar refractivity (Wildman–Crippen MR) is 98.4 cm³/mol. The molecule has 4 aliphatic rings. The lowest BCUT2D eigenvalue weighted by molar-refractivity contribution is -0.139. The van der Waals surface area contributed by atoms with Crippen LogP contribution in [0.15, 0.2) is 0 Å². The zero-order valence-corrected chi connectivity index (χ0v) is 16.4. The van der Waals surface area contributed by atoms with Crippen LogP contribution in [0.25, 0.3) is 0 Å². The number of carbonyl (C=O) groups is 1. The Kier molecular flexibility index (Phi) is 5.02. The molecule has 9 heteroatoms. The van der Waals surface area contributed by atoms with E-state index in [1.54, 1.807) is 8.61 Å². The van der Waals surface area contributed by atoms with Gasteiger partial charge in [-0.1, -0.05) is 0 Å². The normalized spacial score (nSPS) is 37.4. The van der Waals surface area contributed by atoms with E-state index in [1.165, 1.54) is 0 Å². The Morgan fingerprint density at radius 2 is 1.42 bits per heavy atom. The lowest BCUT2D eigenvalue weighted by Crippen LogP contribution is -2.58. The maximum absolute atomic E-state index is 13.0. The Labute approximate surface area is 156 Å². The van der Waals surface area contributed by atoms with E-state index in [-0.39, 0.29) is 17.9 Å². The fraction of sp³-hybridized carbons (Fsp3) is 0.941. The molecule has 2 aliphatic heterocycles. The highest BCUT2D eigenvalue weighted by Gasteiger charge is 2.50. The van der Waals surface area contributed by atoms with Gasteiger partial charge in [0.05, 0.1) is 5.92 Å². The van der Waals surface area contributed by atoms with Gasteiger partial charge in [-0.2, -0.15) is 17.0 Å². The molecule has 26 heavy (non-hydrogen) atoms. The highest BCUT2D eigenvalue weighted by molar-refractivity contribution is 7.86. The maximum Gasteiger partial charge on any atom is 0.282 e. The average Bonchev–Trinajstić information content (AvgIpc) is 3.23. The number of hydrogen-bond acceptors (Lipinski definition) is 5. The summed E-state index contributed by atoms with van der Waals surface area (Å²) in [4.78, 5) is 16.9. The standard InChI is InChI=1S/C17H31N5O3S/c1-19-4-8-21(9-5-19)26(24,25)22-10-6-20(7-11-22)17(23)15-13-2-3-14(12-13)16(15)18/h13-16H,2-12,18H2,1H3. The number of piperazine rings is 2. The number of nitrogens with two attached hydrogens (primary N) is 1. The van der Waals surface area contributed by atoms with Crippen molar-refractivity contribution < 1.29 is 13.2 Å². The van der Waals surface area contributed by atoms with E-state index in [1.807, 2.05) is 11.9 Å². The Morgan fingerprint density at radius 1 is 0.885 bits per heavy atom. The second-order valence-corrected chi connectivity index (χ2v) is 10.3. The molecule has 148 valence electrons. The van der Waals surface area contributed by atoms with Gasteiger partial charge in [-0.15, -0.1) is 0 Å². The van der Waals surface area contributed by atoms with Crippen molar-refractivity contribution in [2.45, 2.75) is 25.3 Å². The van der Waals surface area contributed by atoms with Crippen LogP contribution in [0.2, 0.25) is 0 Å². The minimum Gasteiger partial charge on any atom is -0.340 e. The Morgan fingerprint density at radius 3 is 1.96 bits per heavy atom. The van der Waals surface area contributed by atoms with Gasteiger partial charge in [0, 0.05) is 58.4 Å². The molecule has 4 unspecified atom stereocenters. The number of rotatable bonds is 3. The molecule has 2 N–H and O–H groups in total. The minimum atomic E-state index is -3.42. The third-order valence-corrected chi connectivity index (χ3v) is 8.97. The predicted octanol–water partition coefficient (Wildman–Crippen LogP) is -1.00. The summed E-state index contributed by atoms with van der Waals surface area (Å²) in [5.41, 5.74) is 6.31. The number of amides is 1. The fourth-order valence-electron chi connectivity index (χ4n) is 5.23. The molecule has 4 atom stereocenters. The number of carbonyl (C=O) groups excluding carboxylic acids is 1. The summed E-state index contributed by atoms with van der Waals surface area (Å²) < 4.78 is 28.8. The molecular formula is C17H31N5O3S. The molecular weight excluding hydrogens is 354 g/mol. The average molecular weight is 386 g/mol. The van der Waals surface area contributed by atoms with Crippen LogP contribution in [-0.2, 0) is 15.0 Å². The van der Waals surface area contributed by atoms with Crippen molar-refractivity contribution in [2.75, 3.05) is 59.4 Å².